The lowest BCUT2D eigenvalue weighted by molar-refractivity contribution is 0.953. The topological polar surface area (TPSA) is 27.9 Å². The highest BCUT2D eigenvalue weighted by Crippen LogP contribution is 2.22. The number of nitrogens with one attached hydrogen (secondary N) is 1. The molecule has 0 amide bonds. The van der Waals surface area contributed by atoms with E-state index in [9.17, 15) is 0 Å². The Labute approximate surface area is 112 Å². The van der Waals surface area contributed by atoms with Gasteiger partial charge in [-0.2, -0.15) is 4.58 Å². The minimum absolute atomic E-state index is 0.956. The predicted molar refractivity (Wildman–Crippen MR) is 79.2 cm³/mol. The minimum atomic E-state index is 0.956. The largest absolute Gasteiger partial charge is 0.312 e. The summed E-state index contributed by atoms with van der Waals surface area (Å²) in [7, 11) is 1.93. The molecular weight excluding hydrogens is 242 g/mol. The molecule has 0 aliphatic carbocycles. The number of amidine groups is 1. The van der Waals surface area contributed by atoms with Crippen LogP contribution in [0.15, 0.2) is 29.0 Å². The highest BCUT2D eigenvalue weighted by molar-refractivity contribution is 7.08. The smallest absolute Gasteiger partial charge is 0.267 e. The van der Waals surface area contributed by atoms with Crippen molar-refractivity contribution in [1.29, 1.82) is 0 Å². The molecule has 18 heavy (non-hydrogen) atoms. The second-order valence-electron chi connectivity index (χ2n) is 4.30. The second kappa shape index (κ2) is 5.31. The van der Waals surface area contributed by atoms with Crippen molar-refractivity contribution in [3.05, 3.63) is 40.2 Å². The zero-order valence-electron chi connectivity index (χ0n) is 11.2. The van der Waals surface area contributed by atoms with Crippen LogP contribution in [0.2, 0.25) is 0 Å². The van der Waals surface area contributed by atoms with Gasteiger partial charge in [0, 0.05) is 25.4 Å². The van der Waals surface area contributed by atoms with Gasteiger partial charge >= 0.3 is 0 Å². The maximum atomic E-state index is 4.63. The minimum Gasteiger partial charge on any atom is -0.312 e. The molecule has 0 atom stereocenters. The van der Waals surface area contributed by atoms with Crippen LogP contribution < -0.4 is 9.89 Å². The third-order valence-electron chi connectivity index (χ3n) is 2.77. The molecule has 2 aromatic rings. The number of rotatable bonds is 2. The van der Waals surface area contributed by atoms with Crippen LogP contribution >= 0.6 is 11.3 Å². The molecule has 94 valence electrons. The van der Waals surface area contributed by atoms with Crippen LogP contribution in [0.25, 0.3) is 0 Å². The molecule has 2 aromatic heterocycles. The van der Waals surface area contributed by atoms with Crippen molar-refractivity contribution in [1.82, 2.24) is 14.9 Å². The third-order valence-corrected chi connectivity index (χ3v) is 3.45. The first-order valence-corrected chi connectivity index (χ1v) is 6.85. The van der Waals surface area contributed by atoms with E-state index in [1.54, 1.807) is 11.3 Å². The number of aryl methyl sites for hydroxylation is 2. The van der Waals surface area contributed by atoms with Gasteiger partial charge in [0.1, 0.15) is 11.4 Å². The Morgan fingerprint density at radius 1 is 1.33 bits per heavy atom. The van der Waals surface area contributed by atoms with Gasteiger partial charge in [0.05, 0.1) is 0 Å². The lowest BCUT2D eigenvalue weighted by atomic mass is 10.2. The molecule has 3 nitrogen and oxygen atoms in total. The summed E-state index contributed by atoms with van der Waals surface area (Å²) in [6.07, 6.45) is 0. The predicted octanol–water partition coefficient (Wildman–Crippen LogP) is 3.23. The molecule has 0 aliphatic rings. The van der Waals surface area contributed by atoms with Gasteiger partial charge in [0.25, 0.3) is 5.82 Å². The summed E-state index contributed by atoms with van der Waals surface area (Å²) >= 11 is 1.69. The van der Waals surface area contributed by atoms with E-state index >= 15 is 0 Å². The van der Waals surface area contributed by atoms with Crippen molar-refractivity contribution in [3.63, 3.8) is 0 Å². The first kappa shape index (κ1) is 12.8. The van der Waals surface area contributed by atoms with E-state index in [0.29, 0.717) is 0 Å². The Balaban J connectivity index is 2.61. The highest BCUT2D eigenvalue weighted by atomic mass is 32.1. The van der Waals surface area contributed by atoms with Gasteiger partial charge in [-0.15, -0.1) is 16.3 Å². The number of nitrogens with zero attached hydrogens (tertiary/aromatic N) is 2. The second-order valence-corrected chi connectivity index (χ2v) is 5.08. The van der Waals surface area contributed by atoms with E-state index in [4.69, 9.17) is 0 Å². The summed E-state index contributed by atoms with van der Waals surface area (Å²) in [5.41, 5.74) is 3.40. The van der Waals surface area contributed by atoms with Crippen molar-refractivity contribution >= 4 is 28.7 Å². The molecular formula is C14H18N3S+. The molecule has 2 rings (SSSR count). The van der Waals surface area contributed by atoms with Crippen molar-refractivity contribution < 1.29 is 0 Å². The molecule has 0 unspecified atom stereocenters. The molecule has 0 fully saturated rings. The SMILES string of the molecule is CNC(C)=[N+](c1ccsc1)c1cc(C)cc(C)n1. The van der Waals surface area contributed by atoms with Crippen LogP contribution in [0.4, 0.5) is 11.5 Å². The highest BCUT2D eigenvalue weighted by Gasteiger charge is 2.15. The average molecular weight is 260 g/mol. The third kappa shape index (κ3) is 2.59. The van der Waals surface area contributed by atoms with Gasteiger partial charge in [0.2, 0.25) is 0 Å². The van der Waals surface area contributed by atoms with E-state index in [-0.39, 0.29) is 0 Å². The molecule has 4 heteroatoms. The molecule has 1 N–H and O–H groups in total. The van der Waals surface area contributed by atoms with Gasteiger partial charge in [-0.25, -0.2) is 0 Å². The fraction of sp³-hybridized carbons (Fsp3) is 0.286. The van der Waals surface area contributed by atoms with E-state index < -0.39 is 0 Å². The summed E-state index contributed by atoms with van der Waals surface area (Å²) < 4.78 is 2.14. The standard InChI is InChI=1S/C14H17N3S/c1-10-7-11(2)16-14(8-10)17(12(3)15-4)13-5-6-18-9-13/h5-9H,1-4H3/p+1. The molecule has 0 aliphatic heterocycles. The number of hydrogen-bond acceptors (Lipinski definition) is 2. The lowest BCUT2D eigenvalue weighted by Crippen LogP contribution is -2.26. The molecule has 0 spiro atoms. The molecule has 0 saturated heterocycles. The van der Waals surface area contributed by atoms with Crippen molar-refractivity contribution in [2.24, 2.45) is 0 Å². The molecule has 0 radical (unpaired) electrons. The van der Waals surface area contributed by atoms with Crippen molar-refractivity contribution in [2.75, 3.05) is 7.05 Å². The van der Waals surface area contributed by atoms with Gasteiger partial charge < -0.3 is 5.32 Å². The Hall–Kier alpha value is -1.68. The Morgan fingerprint density at radius 3 is 2.67 bits per heavy atom. The summed E-state index contributed by atoms with van der Waals surface area (Å²) in [6.45, 7) is 6.17. The number of hydrogen-bond donors (Lipinski definition) is 1. The Bertz CT molecular complexity index is 550. The van der Waals surface area contributed by atoms with E-state index in [2.05, 4.69) is 57.7 Å². The van der Waals surface area contributed by atoms with E-state index in [0.717, 1.165) is 23.0 Å². The van der Waals surface area contributed by atoms with Crippen LogP contribution in [0.1, 0.15) is 18.2 Å². The summed E-state index contributed by atoms with van der Waals surface area (Å²) in [5, 5.41) is 7.40. The van der Waals surface area contributed by atoms with E-state index in [1.165, 1.54) is 5.56 Å². The molecule has 2 heterocycles. The summed E-state index contributed by atoms with van der Waals surface area (Å²) in [6, 6.07) is 6.29. The first-order valence-electron chi connectivity index (χ1n) is 5.90. The number of thiophene rings is 1. The quantitative estimate of drug-likeness (QED) is 0.510. The molecule has 0 saturated carbocycles. The monoisotopic (exact) mass is 260 g/mol. The molecule has 0 aromatic carbocycles. The van der Waals surface area contributed by atoms with Crippen LogP contribution in [0.3, 0.4) is 0 Å². The van der Waals surface area contributed by atoms with Crippen LogP contribution in [0.5, 0.6) is 0 Å². The first-order chi connectivity index (χ1) is 8.61. The number of pyridine rings is 1. The fourth-order valence-corrected chi connectivity index (χ4v) is 2.55. The van der Waals surface area contributed by atoms with E-state index in [1.807, 2.05) is 14.0 Å². The zero-order chi connectivity index (χ0) is 13.1. The summed E-state index contributed by atoms with van der Waals surface area (Å²) in [5.74, 6) is 2.02. The number of aromatic nitrogens is 1. The van der Waals surface area contributed by atoms with Crippen LogP contribution in [-0.4, -0.2) is 17.9 Å². The van der Waals surface area contributed by atoms with Gasteiger partial charge in [-0.3, -0.25) is 0 Å². The average Bonchev–Trinajstić information content (AvgIpc) is 2.81. The fourth-order valence-electron chi connectivity index (χ4n) is 1.93. The Morgan fingerprint density at radius 2 is 2.11 bits per heavy atom. The van der Waals surface area contributed by atoms with Crippen molar-refractivity contribution in [2.45, 2.75) is 20.8 Å². The summed E-state index contributed by atoms with van der Waals surface area (Å²) in [4.78, 5) is 4.63. The van der Waals surface area contributed by atoms with Gasteiger partial charge in [-0.1, -0.05) is 0 Å². The van der Waals surface area contributed by atoms with Gasteiger partial charge in [0.15, 0.2) is 5.84 Å². The molecule has 0 bridgehead atoms. The maximum absolute atomic E-state index is 4.63. The zero-order valence-corrected chi connectivity index (χ0v) is 12.0. The van der Waals surface area contributed by atoms with Crippen molar-refractivity contribution in [3.8, 4) is 0 Å². The van der Waals surface area contributed by atoms with Crippen LogP contribution in [-0.2, 0) is 0 Å². The van der Waals surface area contributed by atoms with Gasteiger partial charge in [-0.05, 0) is 36.9 Å². The van der Waals surface area contributed by atoms with Crippen LogP contribution in [0, 0.1) is 13.8 Å². The Kier molecular flexibility index (Phi) is 3.77. The lowest BCUT2D eigenvalue weighted by Gasteiger charge is -2.08. The maximum Gasteiger partial charge on any atom is 0.267 e. The normalized spacial score (nSPS) is 12.2.